The highest BCUT2D eigenvalue weighted by Gasteiger charge is 2.21. The molecule has 4 rings (SSSR count). The molecule has 0 aliphatic carbocycles. The van der Waals surface area contributed by atoms with Crippen LogP contribution in [0.25, 0.3) is 0 Å². The molecule has 0 unspecified atom stereocenters. The summed E-state index contributed by atoms with van der Waals surface area (Å²) in [6.07, 6.45) is 1.71. The molecule has 0 bridgehead atoms. The van der Waals surface area contributed by atoms with Gasteiger partial charge in [-0.05, 0) is 64.8 Å². The number of aryl methyl sites for hydroxylation is 2. The van der Waals surface area contributed by atoms with Crippen molar-refractivity contribution in [1.82, 2.24) is 0 Å². The summed E-state index contributed by atoms with van der Waals surface area (Å²) < 4.78 is 15.4. The van der Waals surface area contributed by atoms with Crippen molar-refractivity contribution in [2.75, 3.05) is 12.4 Å². The number of nitrogens with one attached hydrogen (secondary N) is 1. The van der Waals surface area contributed by atoms with Gasteiger partial charge in [-0.1, -0.05) is 13.8 Å². The molecular weight excluding hydrogens is 464 g/mol. The van der Waals surface area contributed by atoms with Crippen molar-refractivity contribution in [2.45, 2.75) is 66.5 Å². The van der Waals surface area contributed by atoms with Gasteiger partial charge in [0.05, 0.1) is 24.9 Å². The summed E-state index contributed by atoms with van der Waals surface area (Å²) in [7, 11) is 1.38. The number of ether oxygens (including phenoxy) is 1. The van der Waals surface area contributed by atoms with Crippen LogP contribution in [0.2, 0.25) is 0 Å². The third-order valence-electron chi connectivity index (χ3n) is 5.84. The smallest absolute Gasteiger partial charge is 0.268 e. The Bertz CT molecular complexity index is 1430. The number of anilines is 1. The van der Waals surface area contributed by atoms with Crippen LogP contribution in [0, 0.1) is 27.7 Å². The molecule has 0 amide bonds. The van der Waals surface area contributed by atoms with E-state index in [0.29, 0.717) is 16.8 Å². The molecule has 36 heavy (non-hydrogen) atoms. The average Bonchev–Trinajstić information content (AvgIpc) is 3.52. The van der Waals surface area contributed by atoms with Crippen molar-refractivity contribution >= 4 is 5.69 Å². The molecule has 2 heterocycles. The highest BCUT2D eigenvalue weighted by Crippen LogP contribution is 2.24. The average molecular weight is 499 g/mol. The normalized spacial score (nSPS) is 12.3. The zero-order valence-corrected chi connectivity index (χ0v) is 21.8. The van der Waals surface area contributed by atoms with Crippen LogP contribution in [-0.4, -0.2) is 7.11 Å². The van der Waals surface area contributed by atoms with Crippen LogP contribution in [0.15, 0.2) is 52.3 Å². The van der Waals surface area contributed by atoms with Crippen molar-refractivity contribution in [2.24, 2.45) is 5.73 Å². The van der Waals surface area contributed by atoms with Crippen LogP contribution in [0.1, 0.15) is 72.9 Å². The van der Waals surface area contributed by atoms with E-state index in [1.807, 2.05) is 52.0 Å². The van der Waals surface area contributed by atoms with Crippen LogP contribution in [0.3, 0.4) is 0 Å². The fourth-order valence-electron chi connectivity index (χ4n) is 3.45. The molecule has 3 N–H and O–H groups in total. The van der Waals surface area contributed by atoms with Crippen LogP contribution < -0.4 is 37.5 Å². The Morgan fingerprint density at radius 1 is 0.778 bits per heavy atom. The molecule has 9 nitrogen and oxygen atoms in total. The van der Waals surface area contributed by atoms with Crippen LogP contribution >= 0.6 is 0 Å². The number of rotatable bonds is 7. The lowest BCUT2D eigenvalue weighted by molar-refractivity contribution is 0.401. The summed E-state index contributed by atoms with van der Waals surface area (Å²) in [5, 5.41) is 3.08. The Balaban J connectivity index is 0.000000205. The first-order valence-electron chi connectivity index (χ1n) is 11.7. The monoisotopic (exact) mass is 498 g/mol. The highest BCUT2D eigenvalue weighted by molar-refractivity contribution is 5.56. The molecule has 0 aliphatic rings. The second kappa shape index (κ2) is 12.3. The lowest BCUT2D eigenvalue weighted by Gasteiger charge is -2.18. The SMILES string of the molecule is CC[C@@H](N)c1ccc(C)o1.CC[C@@H](Nc1c(C)c(=O)c1=O)c1ccc(C)o1.COc1c(C)c(=O)c1=O. The van der Waals surface area contributed by atoms with Crippen molar-refractivity contribution in [3.8, 4) is 5.75 Å². The Hall–Kier alpha value is -3.72. The molecule has 0 radical (unpaired) electrons. The number of nitrogens with two attached hydrogens (primary N) is 1. The fourth-order valence-corrected chi connectivity index (χ4v) is 3.45. The summed E-state index contributed by atoms with van der Waals surface area (Å²) in [5.74, 6) is 3.65. The summed E-state index contributed by atoms with van der Waals surface area (Å²) in [5.41, 5.74) is 5.34. The van der Waals surface area contributed by atoms with E-state index in [2.05, 4.69) is 10.1 Å². The van der Waals surface area contributed by atoms with Crippen molar-refractivity contribution < 1.29 is 13.6 Å². The maximum Gasteiger partial charge on any atom is 0.268 e. The predicted octanol–water partition coefficient (Wildman–Crippen LogP) is 3.65. The lowest BCUT2D eigenvalue weighted by Crippen LogP contribution is -2.37. The molecule has 0 saturated heterocycles. The van der Waals surface area contributed by atoms with Gasteiger partial charge in [0.2, 0.25) is 16.3 Å². The summed E-state index contributed by atoms with van der Waals surface area (Å²) in [6.45, 7) is 11.1. The molecular formula is C27H34N2O7. The first-order chi connectivity index (χ1) is 17.0. The van der Waals surface area contributed by atoms with Gasteiger partial charge < -0.3 is 24.6 Å². The maximum absolute atomic E-state index is 11.4. The third kappa shape index (κ3) is 6.28. The number of methoxy groups -OCH3 is 1. The topological polar surface area (TPSA) is 142 Å². The quantitative estimate of drug-likeness (QED) is 0.365. The zero-order valence-electron chi connectivity index (χ0n) is 21.8. The molecule has 0 aliphatic heterocycles. The molecule has 0 saturated carbocycles. The van der Waals surface area contributed by atoms with Crippen molar-refractivity contribution in [1.29, 1.82) is 0 Å². The van der Waals surface area contributed by atoms with Crippen LogP contribution in [0.5, 0.6) is 5.75 Å². The Morgan fingerprint density at radius 2 is 1.31 bits per heavy atom. The van der Waals surface area contributed by atoms with Gasteiger partial charge in [0.1, 0.15) is 23.0 Å². The Labute approximate surface area is 209 Å². The lowest BCUT2D eigenvalue weighted by atomic mass is 10.1. The van der Waals surface area contributed by atoms with E-state index >= 15 is 0 Å². The van der Waals surface area contributed by atoms with Gasteiger partial charge in [0.25, 0.3) is 5.43 Å². The van der Waals surface area contributed by atoms with Gasteiger partial charge in [-0.3, -0.25) is 19.2 Å². The maximum atomic E-state index is 11.4. The predicted molar refractivity (Wildman–Crippen MR) is 139 cm³/mol. The summed E-state index contributed by atoms with van der Waals surface area (Å²) >= 11 is 0. The van der Waals surface area contributed by atoms with E-state index in [1.165, 1.54) is 7.11 Å². The number of hydrogen-bond acceptors (Lipinski definition) is 9. The number of furan rings is 2. The van der Waals surface area contributed by atoms with E-state index in [0.717, 1.165) is 35.9 Å². The van der Waals surface area contributed by atoms with Crippen molar-refractivity contribution in [3.05, 3.63) is 99.3 Å². The second-order valence-electron chi connectivity index (χ2n) is 8.49. The molecule has 2 aromatic carbocycles. The minimum absolute atomic E-state index is 0.0636. The zero-order chi connectivity index (χ0) is 27.2. The number of hydrogen-bond donors (Lipinski definition) is 2. The molecule has 9 heteroatoms. The molecule has 2 atom stereocenters. The van der Waals surface area contributed by atoms with E-state index in [4.69, 9.17) is 14.6 Å². The van der Waals surface area contributed by atoms with Gasteiger partial charge in [0.15, 0.2) is 5.75 Å². The first kappa shape index (κ1) is 28.5. The first-order valence-corrected chi connectivity index (χ1v) is 11.7. The molecule has 0 spiro atoms. The Morgan fingerprint density at radius 3 is 1.67 bits per heavy atom. The summed E-state index contributed by atoms with van der Waals surface area (Å²) in [6, 6.07) is 7.64. The molecule has 194 valence electrons. The van der Waals surface area contributed by atoms with Crippen LogP contribution in [0.4, 0.5) is 5.69 Å². The second-order valence-corrected chi connectivity index (χ2v) is 8.49. The van der Waals surface area contributed by atoms with Gasteiger partial charge >= 0.3 is 0 Å². The van der Waals surface area contributed by atoms with Gasteiger partial charge in [-0.2, -0.15) is 0 Å². The fraction of sp³-hybridized carbons (Fsp3) is 0.407. The molecule has 4 aromatic rings. The van der Waals surface area contributed by atoms with E-state index in [9.17, 15) is 19.2 Å². The van der Waals surface area contributed by atoms with Gasteiger partial charge in [-0.25, -0.2) is 0 Å². The van der Waals surface area contributed by atoms with Crippen molar-refractivity contribution in [3.63, 3.8) is 0 Å². The summed E-state index contributed by atoms with van der Waals surface area (Å²) in [4.78, 5) is 43.4. The standard InChI is InChI=1S/C13H15NO3.C8H13NO.C6H6O3/c1-4-9(10-6-5-7(2)17-10)14-11-8(3)12(15)13(11)16;1-3-7(9)8-5-4-6(2)10-8;1-3-4(7)5(8)6(3)9-2/h5-6,9,14H,4H2,1-3H3;4-5,7H,3,9H2,1-2H3;1-2H3/t9-;7-;/m11./s1. The van der Waals surface area contributed by atoms with Gasteiger partial charge in [0, 0.05) is 11.1 Å². The van der Waals surface area contributed by atoms with E-state index in [1.54, 1.807) is 13.8 Å². The minimum Gasteiger partial charge on any atom is -0.492 e. The van der Waals surface area contributed by atoms with Crippen LogP contribution in [-0.2, 0) is 0 Å². The largest absolute Gasteiger partial charge is 0.492 e. The molecule has 2 aromatic heterocycles. The van der Waals surface area contributed by atoms with Gasteiger partial charge in [-0.15, -0.1) is 0 Å². The minimum atomic E-state index is -0.505. The highest BCUT2D eigenvalue weighted by atomic mass is 16.5. The third-order valence-corrected chi connectivity index (χ3v) is 5.84. The van der Waals surface area contributed by atoms with E-state index in [-0.39, 0.29) is 17.8 Å². The van der Waals surface area contributed by atoms with E-state index < -0.39 is 21.7 Å². The Kier molecular flexibility index (Phi) is 9.75. The molecule has 0 fully saturated rings.